The van der Waals surface area contributed by atoms with E-state index in [0.29, 0.717) is 0 Å². The molecule has 0 amide bonds. The first-order valence-corrected chi connectivity index (χ1v) is 5.42. The van der Waals surface area contributed by atoms with Gasteiger partial charge in [-0.1, -0.05) is 12.2 Å². The van der Waals surface area contributed by atoms with Gasteiger partial charge in [0.15, 0.2) is 4.64 Å². The number of fused-ring (bicyclic) bond motifs is 1. The summed E-state index contributed by atoms with van der Waals surface area (Å²) < 4.78 is 30.1. The number of aromatic amines is 3. The number of imidazole rings is 1. The summed E-state index contributed by atoms with van der Waals surface area (Å²) in [5, 5.41) is -0.713. The summed E-state index contributed by atoms with van der Waals surface area (Å²) in [6.45, 7) is 0. The first kappa shape index (κ1) is 13.5. The maximum absolute atomic E-state index is 10.9. The van der Waals surface area contributed by atoms with Gasteiger partial charge in [-0.25, -0.2) is 9.78 Å². The summed E-state index contributed by atoms with van der Waals surface area (Å²) in [7, 11) is -4.48. The molecule has 80 valence electrons. The summed E-state index contributed by atoms with van der Waals surface area (Å²) in [6, 6.07) is 0. The smallest absolute Gasteiger partial charge is 0.313 e. The fraction of sp³-hybridized carbons (Fsp3) is 0. The predicted molar refractivity (Wildman–Crippen MR) is 51.7 cm³/mol. The first-order chi connectivity index (χ1) is 6.88. The number of nitrogens with zero attached hydrogens (tertiary/aromatic N) is 1. The Morgan fingerprint density at radius 2 is 1.88 bits per heavy atom. The maximum Gasteiger partial charge on any atom is 1.00 e. The average molecular weight is 271 g/mol. The van der Waals surface area contributed by atoms with Crippen molar-refractivity contribution in [2.24, 2.45) is 0 Å². The minimum atomic E-state index is -4.48. The van der Waals surface area contributed by atoms with Gasteiger partial charge in [-0.05, 0) is 0 Å². The number of hydrogen-bond acceptors (Lipinski definition) is 5. The topological polar surface area (TPSA) is 132 Å². The van der Waals surface area contributed by atoms with Crippen molar-refractivity contribution in [3.05, 3.63) is 15.1 Å². The largest absolute Gasteiger partial charge is 1.00 e. The van der Waals surface area contributed by atoms with Crippen LogP contribution in [0.2, 0.25) is 0 Å². The number of aromatic nitrogens is 4. The van der Waals surface area contributed by atoms with Crippen LogP contribution in [0.5, 0.6) is 0 Å². The Bertz CT molecular complexity index is 742. The SMILES string of the molecule is O=c1[nH]c2[nH]c(S(=O)(=O)O)nc(=S)c2[nH]1.[Na+]. The van der Waals surface area contributed by atoms with Gasteiger partial charge in [0.2, 0.25) is 0 Å². The first-order valence-electron chi connectivity index (χ1n) is 3.58. The Labute approximate surface area is 116 Å². The van der Waals surface area contributed by atoms with Crippen LogP contribution in [0.3, 0.4) is 0 Å². The van der Waals surface area contributed by atoms with E-state index in [4.69, 9.17) is 16.8 Å². The fourth-order valence-corrected chi connectivity index (χ4v) is 1.78. The van der Waals surface area contributed by atoms with Crippen LogP contribution >= 0.6 is 12.2 Å². The Hall–Kier alpha value is -0.520. The molecule has 0 atom stereocenters. The minimum Gasteiger partial charge on any atom is -0.313 e. The number of hydrogen-bond donors (Lipinski definition) is 4. The van der Waals surface area contributed by atoms with E-state index in [1.807, 2.05) is 0 Å². The van der Waals surface area contributed by atoms with Crippen LogP contribution in [0.15, 0.2) is 9.95 Å². The zero-order valence-electron chi connectivity index (χ0n) is 7.94. The van der Waals surface area contributed by atoms with E-state index in [1.165, 1.54) is 0 Å². The van der Waals surface area contributed by atoms with E-state index < -0.39 is 21.0 Å². The van der Waals surface area contributed by atoms with Crippen molar-refractivity contribution in [1.29, 1.82) is 0 Å². The number of H-pyrrole nitrogens is 3. The van der Waals surface area contributed by atoms with Gasteiger partial charge >= 0.3 is 45.4 Å². The molecule has 16 heavy (non-hydrogen) atoms. The second-order valence-electron chi connectivity index (χ2n) is 2.65. The summed E-state index contributed by atoms with van der Waals surface area (Å²) in [5.41, 5.74) is -0.309. The van der Waals surface area contributed by atoms with E-state index in [9.17, 15) is 13.2 Å². The van der Waals surface area contributed by atoms with Crippen LogP contribution in [0.1, 0.15) is 0 Å². The quantitative estimate of drug-likeness (QED) is 0.185. The van der Waals surface area contributed by atoms with E-state index in [2.05, 4.69) is 19.9 Å². The maximum atomic E-state index is 10.9. The summed E-state index contributed by atoms with van der Waals surface area (Å²) >= 11 is 4.73. The van der Waals surface area contributed by atoms with Crippen LogP contribution in [0.25, 0.3) is 11.2 Å². The van der Waals surface area contributed by atoms with Gasteiger partial charge in [0.05, 0.1) is 0 Å². The second kappa shape index (κ2) is 4.39. The molecule has 2 heterocycles. The molecular weight excluding hydrogens is 267 g/mol. The van der Waals surface area contributed by atoms with Gasteiger partial charge < -0.3 is 9.97 Å². The molecule has 0 aromatic carbocycles. The molecule has 0 unspecified atom stereocenters. The minimum absolute atomic E-state index is 0. The molecule has 2 aromatic rings. The molecule has 0 aliphatic carbocycles. The molecule has 0 saturated carbocycles. The van der Waals surface area contributed by atoms with Gasteiger partial charge in [0.25, 0.3) is 5.16 Å². The van der Waals surface area contributed by atoms with Crippen molar-refractivity contribution in [2.75, 3.05) is 0 Å². The average Bonchev–Trinajstić information content (AvgIpc) is 2.44. The van der Waals surface area contributed by atoms with E-state index in [0.717, 1.165) is 0 Å². The Kier molecular flexibility index (Phi) is 3.72. The van der Waals surface area contributed by atoms with Gasteiger partial charge in [-0.3, -0.25) is 9.54 Å². The van der Waals surface area contributed by atoms with Gasteiger partial charge in [-0.2, -0.15) is 8.42 Å². The predicted octanol–water partition coefficient (Wildman–Crippen LogP) is -3.44. The van der Waals surface area contributed by atoms with Gasteiger partial charge in [0, 0.05) is 0 Å². The molecular formula is C5H4N4NaO4S2+. The van der Waals surface area contributed by atoms with Crippen molar-refractivity contribution in [2.45, 2.75) is 5.16 Å². The molecule has 0 saturated heterocycles. The van der Waals surface area contributed by atoms with Crippen LogP contribution in [-0.2, 0) is 10.1 Å². The van der Waals surface area contributed by atoms with Gasteiger partial charge in [0.1, 0.15) is 11.2 Å². The molecule has 0 spiro atoms. The van der Waals surface area contributed by atoms with Crippen molar-refractivity contribution in [1.82, 2.24) is 19.9 Å². The third kappa shape index (κ3) is 2.42. The molecule has 0 aliphatic rings. The monoisotopic (exact) mass is 271 g/mol. The summed E-state index contributed by atoms with van der Waals surface area (Å²) in [5.74, 6) is 0. The zero-order valence-corrected chi connectivity index (χ0v) is 11.6. The number of rotatable bonds is 1. The summed E-state index contributed by atoms with van der Waals surface area (Å²) in [4.78, 5) is 21.1. The Morgan fingerprint density at radius 3 is 2.44 bits per heavy atom. The normalized spacial score (nSPS) is 11.3. The molecule has 2 rings (SSSR count). The molecule has 8 nitrogen and oxygen atoms in total. The van der Waals surface area contributed by atoms with Crippen LogP contribution in [-0.4, -0.2) is 32.9 Å². The van der Waals surface area contributed by atoms with Crippen molar-refractivity contribution in [3.8, 4) is 0 Å². The fourth-order valence-electron chi connectivity index (χ4n) is 1.04. The van der Waals surface area contributed by atoms with E-state index >= 15 is 0 Å². The number of nitrogens with one attached hydrogen (secondary N) is 3. The summed E-state index contributed by atoms with van der Waals surface area (Å²) in [6.07, 6.45) is 0. The van der Waals surface area contributed by atoms with E-state index in [1.54, 1.807) is 0 Å². The third-order valence-corrected chi connectivity index (χ3v) is 2.60. The van der Waals surface area contributed by atoms with Crippen LogP contribution in [0.4, 0.5) is 0 Å². The molecule has 4 N–H and O–H groups in total. The van der Waals surface area contributed by atoms with Crippen LogP contribution in [0, 0.1) is 4.64 Å². The van der Waals surface area contributed by atoms with Crippen LogP contribution < -0.4 is 35.2 Å². The Balaban J connectivity index is 0.00000128. The van der Waals surface area contributed by atoms with Crippen molar-refractivity contribution < 1.29 is 42.5 Å². The molecule has 11 heteroatoms. The van der Waals surface area contributed by atoms with Crippen molar-refractivity contribution in [3.63, 3.8) is 0 Å². The molecule has 0 fully saturated rings. The molecule has 0 radical (unpaired) electrons. The van der Waals surface area contributed by atoms with Gasteiger partial charge in [-0.15, -0.1) is 0 Å². The Morgan fingerprint density at radius 1 is 1.25 bits per heavy atom. The molecule has 0 bridgehead atoms. The molecule has 0 aliphatic heterocycles. The van der Waals surface area contributed by atoms with E-state index in [-0.39, 0.29) is 45.4 Å². The third-order valence-electron chi connectivity index (χ3n) is 1.62. The van der Waals surface area contributed by atoms with Crippen molar-refractivity contribution >= 4 is 33.5 Å². The second-order valence-corrected chi connectivity index (χ2v) is 4.37. The zero-order chi connectivity index (χ0) is 11.2. The standard InChI is InChI=1S/C5H4N4O4S2.Na/c10-4-6-1-2(7-4)8-5(9-3(1)14)15(11,12)13;/h(H,11,12,13)(H3,6,7,8,9,10,14);/q;+1. The molecule has 2 aromatic heterocycles.